The van der Waals surface area contributed by atoms with Crippen molar-refractivity contribution in [2.24, 2.45) is 11.8 Å². The van der Waals surface area contributed by atoms with Gasteiger partial charge in [0.05, 0.1) is 5.60 Å². The number of hydrogen-bond donors (Lipinski definition) is 2. The Labute approximate surface area is 104 Å². The summed E-state index contributed by atoms with van der Waals surface area (Å²) in [5.74, 6) is 1.32. The van der Waals surface area contributed by atoms with E-state index in [0.717, 1.165) is 19.3 Å². The monoisotopic (exact) mass is 239 g/mol. The maximum Gasteiger partial charge on any atom is 0.217 e. The van der Waals surface area contributed by atoms with Gasteiger partial charge < -0.3 is 10.4 Å². The summed E-state index contributed by atoms with van der Waals surface area (Å²) >= 11 is 0. The molecule has 0 aromatic rings. The molecule has 3 heteroatoms. The fourth-order valence-electron chi connectivity index (χ4n) is 4.38. The predicted octanol–water partition coefficient (Wildman–Crippen LogP) is 2.23. The standard InChI is InChI=1S/C14H25NO2/c1-4-11-5-12-6-13(3,17)9-14(7-11,8-12)15-10(2)16/h11-12,17H,4-9H2,1-3H3,(H,15,16). The highest BCUT2D eigenvalue weighted by Crippen LogP contribution is 2.49. The van der Waals surface area contributed by atoms with E-state index in [2.05, 4.69) is 12.2 Å². The number of carbonyl (C=O) groups is 1. The van der Waals surface area contributed by atoms with Gasteiger partial charge in [-0.2, -0.15) is 0 Å². The number of carbonyl (C=O) groups excluding carboxylic acids is 1. The highest BCUT2D eigenvalue weighted by molar-refractivity contribution is 5.73. The van der Waals surface area contributed by atoms with Crippen molar-refractivity contribution >= 4 is 5.91 Å². The summed E-state index contributed by atoms with van der Waals surface area (Å²) < 4.78 is 0. The topological polar surface area (TPSA) is 49.3 Å². The Bertz CT molecular complexity index is 313. The molecule has 4 unspecified atom stereocenters. The van der Waals surface area contributed by atoms with E-state index in [1.807, 2.05) is 6.92 Å². The Kier molecular flexibility index (Phi) is 3.23. The Morgan fingerprint density at radius 1 is 1.41 bits per heavy atom. The van der Waals surface area contributed by atoms with Gasteiger partial charge in [-0.25, -0.2) is 0 Å². The highest BCUT2D eigenvalue weighted by Gasteiger charge is 2.49. The molecule has 2 aliphatic carbocycles. The fourth-order valence-corrected chi connectivity index (χ4v) is 4.38. The smallest absolute Gasteiger partial charge is 0.217 e. The average molecular weight is 239 g/mol. The molecule has 0 aromatic heterocycles. The van der Waals surface area contributed by atoms with E-state index in [1.54, 1.807) is 6.92 Å². The van der Waals surface area contributed by atoms with Crippen LogP contribution in [-0.4, -0.2) is 22.2 Å². The molecule has 1 amide bonds. The lowest BCUT2D eigenvalue weighted by molar-refractivity contribution is -0.126. The van der Waals surface area contributed by atoms with Crippen molar-refractivity contribution in [1.82, 2.24) is 5.32 Å². The van der Waals surface area contributed by atoms with Crippen molar-refractivity contribution in [3.8, 4) is 0 Å². The molecule has 0 spiro atoms. The van der Waals surface area contributed by atoms with E-state index in [-0.39, 0.29) is 11.4 Å². The van der Waals surface area contributed by atoms with Crippen molar-refractivity contribution in [2.75, 3.05) is 0 Å². The van der Waals surface area contributed by atoms with Crippen LogP contribution in [0.25, 0.3) is 0 Å². The molecule has 2 saturated carbocycles. The molecule has 3 nitrogen and oxygen atoms in total. The van der Waals surface area contributed by atoms with Crippen molar-refractivity contribution < 1.29 is 9.90 Å². The lowest BCUT2D eigenvalue weighted by Gasteiger charge is -2.53. The van der Waals surface area contributed by atoms with Crippen LogP contribution >= 0.6 is 0 Å². The van der Waals surface area contributed by atoms with Crippen molar-refractivity contribution in [2.45, 2.75) is 70.4 Å². The number of rotatable bonds is 2. The number of fused-ring (bicyclic) bond motifs is 2. The zero-order valence-corrected chi connectivity index (χ0v) is 11.3. The molecule has 2 N–H and O–H groups in total. The van der Waals surface area contributed by atoms with Crippen LogP contribution in [0.15, 0.2) is 0 Å². The number of hydrogen-bond acceptors (Lipinski definition) is 2. The lowest BCUT2D eigenvalue weighted by atomic mass is 9.59. The van der Waals surface area contributed by atoms with Gasteiger partial charge in [-0.05, 0) is 50.9 Å². The summed E-state index contributed by atoms with van der Waals surface area (Å²) in [6.45, 7) is 5.73. The van der Waals surface area contributed by atoms with Crippen LogP contribution in [0.3, 0.4) is 0 Å². The van der Waals surface area contributed by atoms with Gasteiger partial charge in [-0.15, -0.1) is 0 Å². The molecule has 2 bridgehead atoms. The molecule has 0 saturated heterocycles. The van der Waals surface area contributed by atoms with E-state index in [1.165, 1.54) is 12.8 Å². The Morgan fingerprint density at radius 2 is 2.12 bits per heavy atom. The van der Waals surface area contributed by atoms with E-state index >= 15 is 0 Å². The SMILES string of the molecule is CCC1CC2CC(C)(O)CC(NC(C)=O)(C1)C2. The predicted molar refractivity (Wildman–Crippen MR) is 67.5 cm³/mol. The van der Waals surface area contributed by atoms with Crippen LogP contribution in [-0.2, 0) is 4.79 Å². The zero-order chi connectivity index (χ0) is 12.7. The third kappa shape index (κ3) is 2.82. The average Bonchev–Trinajstić information content (AvgIpc) is 2.11. The van der Waals surface area contributed by atoms with Gasteiger partial charge in [0, 0.05) is 12.5 Å². The molecular weight excluding hydrogens is 214 g/mol. The summed E-state index contributed by atoms with van der Waals surface area (Å²) in [5, 5.41) is 13.5. The molecular formula is C14H25NO2. The minimum Gasteiger partial charge on any atom is -0.390 e. The van der Waals surface area contributed by atoms with Crippen LogP contribution < -0.4 is 5.32 Å². The van der Waals surface area contributed by atoms with Gasteiger partial charge in [0.1, 0.15) is 0 Å². The highest BCUT2D eigenvalue weighted by atomic mass is 16.3. The molecule has 2 rings (SSSR count). The van der Waals surface area contributed by atoms with Gasteiger partial charge in [-0.3, -0.25) is 4.79 Å². The van der Waals surface area contributed by atoms with E-state index in [0.29, 0.717) is 18.3 Å². The lowest BCUT2D eigenvalue weighted by Crippen LogP contribution is -2.60. The third-order valence-electron chi connectivity index (χ3n) is 4.49. The van der Waals surface area contributed by atoms with E-state index < -0.39 is 5.60 Å². The second-order valence-electron chi connectivity index (χ2n) is 6.62. The largest absolute Gasteiger partial charge is 0.390 e. The zero-order valence-electron chi connectivity index (χ0n) is 11.3. The van der Waals surface area contributed by atoms with E-state index in [4.69, 9.17) is 0 Å². The maximum atomic E-state index is 11.4. The molecule has 4 atom stereocenters. The Hall–Kier alpha value is -0.570. The molecule has 0 aliphatic heterocycles. The Balaban J connectivity index is 2.21. The van der Waals surface area contributed by atoms with Crippen molar-refractivity contribution in [3.63, 3.8) is 0 Å². The first-order chi connectivity index (χ1) is 7.84. The van der Waals surface area contributed by atoms with Crippen LogP contribution in [0.1, 0.15) is 59.3 Å². The molecule has 0 heterocycles. The summed E-state index contributed by atoms with van der Waals surface area (Å²) in [5.41, 5.74) is -0.749. The third-order valence-corrected chi connectivity index (χ3v) is 4.49. The number of nitrogens with one attached hydrogen (secondary N) is 1. The summed E-state index contributed by atoms with van der Waals surface area (Å²) in [7, 11) is 0. The van der Waals surface area contributed by atoms with Crippen LogP contribution in [0.2, 0.25) is 0 Å². The van der Waals surface area contributed by atoms with Crippen LogP contribution in [0.4, 0.5) is 0 Å². The Morgan fingerprint density at radius 3 is 2.71 bits per heavy atom. The van der Waals surface area contributed by atoms with Crippen molar-refractivity contribution in [3.05, 3.63) is 0 Å². The van der Waals surface area contributed by atoms with Crippen molar-refractivity contribution in [1.29, 1.82) is 0 Å². The second-order valence-corrected chi connectivity index (χ2v) is 6.62. The summed E-state index contributed by atoms with van der Waals surface area (Å²) in [4.78, 5) is 11.4. The normalized spacial score (nSPS) is 45.4. The molecule has 2 fully saturated rings. The minimum absolute atomic E-state index is 0.0400. The molecule has 98 valence electrons. The van der Waals surface area contributed by atoms with E-state index in [9.17, 15) is 9.90 Å². The first kappa shape index (κ1) is 12.9. The number of amides is 1. The van der Waals surface area contributed by atoms with Crippen LogP contribution in [0, 0.1) is 11.8 Å². The molecule has 2 aliphatic rings. The second kappa shape index (κ2) is 4.27. The van der Waals surface area contributed by atoms with Gasteiger partial charge in [0.2, 0.25) is 5.91 Å². The maximum absolute atomic E-state index is 11.4. The quantitative estimate of drug-likeness (QED) is 0.776. The minimum atomic E-state index is -0.607. The first-order valence-corrected chi connectivity index (χ1v) is 6.85. The molecule has 0 radical (unpaired) electrons. The molecule has 17 heavy (non-hydrogen) atoms. The summed E-state index contributed by atoms with van der Waals surface area (Å²) in [6, 6.07) is 0. The van der Waals surface area contributed by atoms with Gasteiger partial charge >= 0.3 is 0 Å². The summed E-state index contributed by atoms with van der Waals surface area (Å²) in [6.07, 6.45) is 6.10. The first-order valence-electron chi connectivity index (χ1n) is 6.85. The van der Waals surface area contributed by atoms with Gasteiger partial charge in [-0.1, -0.05) is 13.3 Å². The van der Waals surface area contributed by atoms with Gasteiger partial charge in [0.25, 0.3) is 0 Å². The fraction of sp³-hybridized carbons (Fsp3) is 0.929. The molecule has 0 aromatic carbocycles. The van der Waals surface area contributed by atoms with Crippen LogP contribution in [0.5, 0.6) is 0 Å². The number of aliphatic hydroxyl groups is 1. The van der Waals surface area contributed by atoms with Gasteiger partial charge in [0.15, 0.2) is 0 Å².